The van der Waals surface area contributed by atoms with Crippen LogP contribution in [0.3, 0.4) is 0 Å². The molecule has 148 valence electrons. The Morgan fingerprint density at radius 1 is 1.14 bits per heavy atom. The van der Waals surface area contributed by atoms with Gasteiger partial charge in [-0.3, -0.25) is 20.2 Å². The van der Waals surface area contributed by atoms with Crippen LogP contribution in [-0.2, 0) is 6.54 Å². The fourth-order valence-corrected chi connectivity index (χ4v) is 3.18. The van der Waals surface area contributed by atoms with Gasteiger partial charge in [0, 0.05) is 36.5 Å². The normalized spacial score (nSPS) is 15.4. The average molecular weight is 394 g/mol. The molecule has 3 aromatic rings. The third-order valence-electron chi connectivity index (χ3n) is 4.51. The molecule has 1 fully saturated rings. The number of hydrogen-bond donors (Lipinski definition) is 2. The third-order valence-corrected chi connectivity index (χ3v) is 4.51. The number of nitrogens with one attached hydrogen (secondary N) is 2. The number of pyridine rings is 1. The van der Waals surface area contributed by atoms with Gasteiger partial charge in [0.05, 0.1) is 6.54 Å². The van der Waals surface area contributed by atoms with E-state index in [0.29, 0.717) is 30.8 Å². The Morgan fingerprint density at radius 2 is 1.79 bits per heavy atom. The van der Waals surface area contributed by atoms with E-state index in [1.54, 1.807) is 6.20 Å². The Hall–Kier alpha value is -2.92. The van der Waals surface area contributed by atoms with Crippen LogP contribution in [0.2, 0.25) is 0 Å². The molecular formula is C17H17F3N6O2. The number of aromatic nitrogens is 4. The van der Waals surface area contributed by atoms with Gasteiger partial charge in [0.25, 0.3) is 5.56 Å². The fourth-order valence-electron chi connectivity index (χ4n) is 3.18. The van der Waals surface area contributed by atoms with Crippen molar-refractivity contribution in [2.75, 3.05) is 13.1 Å². The molecule has 0 radical (unpaired) electrons. The average Bonchev–Trinajstić information content (AvgIpc) is 3.32. The van der Waals surface area contributed by atoms with Gasteiger partial charge in [-0.05, 0) is 31.2 Å². The maximum Gasteiger partial charge on any atom is 0.573 e. The lowest BCUT2D eigenvalue weighted by Gasteiger charge is -2.13. The van der Waals surface area contributed by atoms with E-state index in [4.69, 9.17) is 0 Å². The van der Waals surface area contributed by atoms with E-state index in [9.17, 15) is 18.0 Å². The predicted molar refractivity (Wildman–Crippen MR) is 94.2 cm³/mol. The van der Waals surface area contributed by atoms with Crippen molar-refractivity contribution in [3.63, 3.8) is 0 Å². The highest BCUT2D eigenvalue weighted by Crippen LogP contribution is 2.26. The first-order valence-electron chi connectivity index (χ1n) is 8.68. The smallest absolute Gasteiger partial charge is 0.406 e. The summed E-state index contributed by atoms with van der Waals surface area (Å²) < 4.78 is 42.3. The van der Waals surface area contributed by atoms with Crippen LogP contribution >= 0.6 is 0 Å². The van der Waals surface area contributed by atoms with Crippen LogP contribution in [0.25, 0.3) is 16.7 Å². The summed E-state index contributed by atoms with van der Waals surface area (Å²) in [5.41, 5.74) is 7.71. The number of hydrazine groups is 1. The van der Waals surface area contributed by atoms with E-state index in [2.05, 4.69) is 25.8 Å². The van der Waals surface area contributed by atoms with E-state index in [1.807, 2.05) is 6.92 Å². The number of nitrogens with zero attached hydrogens (tertiary/aromatic N) is 4. The Bertz CT molecular complexity index is 1050. The molecule has 2 N–H and O–H groups in total. The number of benzene rings is 1. The van der Waals surface area contributed by atoms with Crippen LogP contribution < -0.4 is 21.1 Å². The van der Waals surface area contributed by atoms with Gasteiger partial charge in [0.2, 0.25) is 0 Å². The monoisotopic (exact) mass is 394 g/mol. The predicted octanol–water partition coefficient (Wildman–Crippen LogP) is 1.69. The van der Waals surface area contributed by atoms with E-state index in [-0.39, 0.29) is 22.7 Å². The van der Waals surface area contributed by atoms with Gasteiger partial charge in [0.15, 0.2) is 5.52 Å². The molecule has 0 aliphatic carbocycles. The van der Waals surface area contributed by atoms with Gasteiger partial charge in [-0.1, -0.05) is 0 Å². The molecule has 8 nitrogen and oxygen atoms in total. The van der Waals surface area contributed by atoms with Crippen LogP contribution in [0.1, 0.15) is 18.4 Å². The molecule has 1 aliphatic rings. The highest BCUT2D eigenvalue weighted by molar-refractivity contribution is 5.77. The number of aryl methyl sites for hydroxylation is 1. The van der Waals surface area contributed by atoms with Crippen molar-refractivity contribution in [2.45, 2.75) is 25.7 Å². The first-order valence-corrected chi connectivity index (χ1v) is 8.68. The quantitative estimate of drug-likeness (QED) is 0.701. The Kier molecular flexibility index (Phi) is 4.55. The summed E-state index contributed by atoms with van der Waals surface area (Å²) in [6.45, 7) is 3.70. The molecule has 1 aliphatic heterocycles. The van der Waals surface area contributed by atoms with Gasteiger partial charge >= 0.3 is 6.36 Å². The molecule has 4 rings (SSSR count). The van der Waals surface area contributed by atoms with Crippen molar-refractivity contribution in [1.29, 1.82) is 0 Å². The minimum atomic E-state index is -4.77. The molecule has 0 atom stereocenters. The second-order valence-electron chi connectivity index (χ2n) is 6.35. The molecule has 2 aromatic heterocycles. The van der Waals surface area contributed by atoms with E-state index < -0.39 is 6.36 Å². The number of hydrogen-bond acceptors (Lipinski definition) is 6. The van der Waals surface area contributed by atoms with Crippen LogP contribution in [0.4, 0.5) is 13.2 Å². The van der Waals surface area contributed by atoms with Crippen LogP contribution in [0.5, 0.6) is 5.75 Å². The summed E-state index contributed by atoms with van der Waals surface area (Å²) in [6, 6.07) is 5.13. The standard InChI is InChI=1S/C17H17F3N6O2/c1-2-26-23-14-13(10-7-21-22-8-10)9-25(16(27)15(14)24-26)11-3-5-12(6-4-11)28-17(18,19)20/h3-6,9-10,21-22H,2,7-8H2,1H3. The third kappa shape index (κ3) is 3.45. The zero-order valence-corrected chi connectivity index (χ0v) is 14.8. The van der Waals surface area contributed by atoms with Crippen molar-refractivity contribution in [2.24, 2.45) is 0 Å². The summed E-state index contributed by atoms with van der Waals surface area (Å²) in [5.74, 6) is -0.282. The maximum atomic E-state index is 12.9. The Balaban J connectivity index is 1.82. The van der Waals surface area contributed by atoms with Gasteiger partial charge in [-0.2, -0.15) is 9.90 Å². The molecule has 1 aromatic carbocycles. The minimum Gasteiger partial charge on any atom is -0.406 e. The van der Waals surface area contributed by atoms with Crippen LogP contribution in [-0.4, -0.2) is 39.0 Å². The highest BCUT2D eigenvalue weighted by Gasteiger charge is 2.31. The minimum absolute atomic E-state index is 0.0733. The van der Waals surface area contributed by atoms with Gasteiger partial charge in [-0.15, -0.1) is 18.3 Å². The Morgan fingerprint density at radius 3 is 2.39 bits per heavy atom. The SMILES string of the molecule is CCn1nc2c(C3CNNC3)cn(-c3ccc(OC(F)(F)F)cc3)c(=O)c2n1. The van der Waals surface area contributed by atoms with Crippen molar-refractivity contribution in [1.82, 2.24) is 30.4 Å². The number of fused-ring (bicyclic) bond motifs is 1. The van der Waals surface area contributed by atoms with Crippen molar-refractivity contribution in [3.8, 4) is 11.4 Å². The molecular weight excluding hydrogens is 377 g/mol. The Labute approximate surface area is 156 Å². The summed E-state index contributed by atoms with van der Waals surface area (Å²) in [7, 11) is 0. The van der Waals surface area contributed by atoms with Gasteiger partial charge in [-0.25, -0.2) is 0 Å². The zero-order valence-electron chi connectivity index (χ0n) is 14.8. The van der Waals surface area contributed by atoms with Crippen molar-refractivity contribution >= 4 is 11.0 Å². The second-order valence-corrected chi connectivity index (χ2v) is 6.35. The first-order chi connectivity index (χ1) is 13.4. The zero-order chi connectivity index (χ0) is 19.9. The highest BCUT2D eigenvalue weighted by atomic mass is 19.4. The van der Waals surface area contributed by atoms with Gasteiger partial charge in [0.1, 0.15) is 11.3 Å². The summed E-state index contributed by atoms with van der Waals surface area (Å²) >= 11 is 0. The lowest BCUT2D eigenvalue weighted by atomic mass is 10.0. The number of alkyl halides is 3. The van der Waals surface area contributed by atoms with Gasteiger partial charge < -0.3 is 4.74 Å². The van der Waals surface area contributed by atoms with E-state index in [0.717, 1.165) is 5.56 Å². The molecule has 28 heavy (non-hydrogen) atoms. The fraction of sp³-hybridized carbons (Fsp3) is 0.353. The maximum absolute atomic E-state index is 12.9. The van der Waals surface area contributed by atoms with Crippen LogP contribution in [0.15, 0.2) is 35.3 Å². The molecule has 0 unspecified atom stereocenters. The van der Waals surface area contributed by atoms with E-state index >= 15 is 0 Å². The second kappa shape index (κ2) is 6.91. The number of halogens is 3. The molecule has 0 saturated carbocycles. The van der Waals surface area contributed by atoms with Crippen molar-refractivity contribution < 1.29 is 17.9 Å². The molecule has 0 spiro atoms. The van der Waals surface area contributed by atoms with E-state index in [1.165, 1.54) is 33.6 Å². The topological polar surface area (TPSA) is 86.0 Å². The molecule has 3 heterocycles. The van der Waals surface area contributed by atoms with Crippen LogP contribution in [0, 0.1) is 0 Å². The summed E-state index contributed by atoms with van der Waals surface area (Å²) in [5, 5.41) is 8.69. The van der Waals surface area contributed by atoms with Crippen molar-refractivity contribution in [3.05, 3.63) is 46.4 Å². The number of ether oxygens (including phenoxy) is 1. The largest absolute Gasteiger partial charge is 0.573 e. The lowest BCUT2D eigenvalue weighted by Crippen LogP contribution is -2.21. The molecule has 0 bridgehead atoms. The molecule has 0 amide bonds. The lowest BCUT2D eigenvalue weighted by molar-refractivity contribution is -0.274. The first kappa shape index (κ1) is 18.4. The number of rotatable bonds is 4. The molecule has 1 saturated heterocycles. The molecule has 11 heteroatoms. The summed E-state index contributed by atoms with van der Waals surface area (Å²) in [6.07, 6.45) is -3.09. The summed E-state index contributed by atoms with van der Waals surface area (Å²) in [4.78, 5) is 14.4.